The highest BCUT2D eigenvalue weighted by Gasteiger charge is 2.19. The first-order valence-corrected chi connectivity index (χ1v) is 6.86. The van der Waals surface area contributed by atoms with E-state index < -0.39 is 11.7 Å². The van der Waals surface area contributed by atoms with Gasteiger partial charge in [0.05, 0.1) is 22.3 Å². The molecule has 1 amide bonds. The second-order valence-electron chi connectivity index (χ2n) is 4.44. The van der Waals surface area contributed by atoms with Crippen molar-refractivity contribution >= 4 is 23.1 Å². The van der Waals surface area contributed by atoms with E-state index in [1.807, 2.05) is 20.8 Å². The lowest BCUT2D eigenvalue weighted by Crippen LogP contribution is -2.27. The number of nitrogens with zero attached hydrogens (tertiary/aromatic N) is 2. The van der Waals surface area contributed by atoms with Gasteiger partial charge < -0.3 is 11.1 Å². The van der Waals surface area contributed by atoms with Crippen molar-refractivity contribution in [3.05, 3.63) is 39.2 Å². The molecule has 7 heteroatoms. The van der Waals surface area contributed by atoms with Crippen LogP contribution < -0.4 is 11.1 Å². The predicted octanol–water partition coefficient (Wildman–Crippen LogP) is 2.37. The SMILES string of the molecule is Cc1nc(C)c(C(C)NC(=O)c2ccnc(N)c2F)s1. The highest BCUT2D eigenvalue weighted by Crippen LogP contribution is 2.25. The van der Waals surface area contributed by atoms with Crippen LogP contribution in [0.1, 0.15) is 38.9 Å². The Bertz CT molecular complexity index is 656. The van der Waals surface area contributed by atoms with Crippen LogP contribution in [0.15, 0.2) is 12.3 Å². The number of thiazole rings is 1. The summed E-state index contributed by atoms with van der Waals surface area (Å²) in [5, 5.41) is 3.67. The second kappa shape index (κ2) is 5.54. The van der Waals surface area contributed by atoms with Crippen LogP contribution in [0.2, 0.25) is 0 Å². The van der Waals surface area contributed by atoms with Crippen LogP contribution in [-0.4, -0.2) is 15.9 Å². The van der Waals surface area contributed by atoms with E-state index in [1.165, 1.54) is 23.6 Å². The molecule has 20 heavy (non-hydrogen) atoms. The van der Waals surface area contributed by atoms with E-state index in [0.717, 1.165) is 15.6 Å². The van der Waals surface area contributed by atoms with Gasteiger partial charge in [-0.2, -0.15) is 0 Å². The molecule has 0 radical (unpaired) electrons. The summed E-state index contributed by atoms with van der Waals surface area (Å²) < 4.78 is 13.7. The van der Waals surface area contributed by atoms with E-state index in [-0.39, 0.29) is 17.4 Å². The number of hydrogen-bond acceptors (Lipinski definition) is 5. The third kappa shape index (κ3) is 2.77. The number of nitrogens with two attached hydrogens (primary N) is 1. The maximum Gasteiger partial charge on any atom is 0.254 e. The highest BCUT2D eigenvalue weighted by atomic mass is 32.1. The largest absolute Gasteiger partial charge is 0.381 e. The Hall–Kier alpha value is -2.02. The lowest BCUT2D eigenvalue weighted by atomic mass is 10.2. The van der Waals surface area contributed by atoms with Gasteiger partial charge in [-0.15, -0.1) is 11.3 Å². The van der Waals surface area contributed by atoms with Crippen molar-refractivity contribution in [2.75, 3.05) is 5.73 Å². The fraction of sp³-hybridized carbons (Fsp3) is 0.308. The number of rotatable bonds is 3. The van der Waals surface area contributed by atoms with Crippen molar-refractivity contribution in [2.24, 2.45) is 0 Å². The van der Waals surface area contributed by atoms with Crippen LogP contribution >= 0.6 is 11.3 Å². The molecule has 0 spiro atoms. The van der Waals surface area contributed by atoms with Gasteiger partial charge in [0.25, 0.3) is 5.91 Å². The first kappa shape index (κ1) is 14.4. The summed E-state index contributed by atoms with van der Waals surface area (Å²) in [7, 11) is 0. The van der Waals surface area contributed by atoms with Crippen molar-refractivity contribution in [3.63, 3.8) is 0 Å². The molecule has 0 saturated carbocycles. The number of nitrogens with one attached hydrogen (secondary N) is 1. The molecule has 5 nitrogen and oxygen atoms in total. The summed E-state index contributed by atoms with van der Waals surface area (Å²) in [4.78, 5) is 20.9. The number of aromatic nitrogens is 2. The molecule has 106 valence electrons. The summed E-state index contributed by atoms with van der Waals surface area (Å²) in [5.74, 6) is -1.60. The van der Waals surface area contributed by atoms with E-state index in [9.17, 15) is 9.18 Å². The van der Waals surface area contributed by atoms with Crippen LogP contribution in [0.4, 0.5) is 10.2 Å². The quantitative estimate of drug-likeness (QED) is 0.910. The van der Waals surface area contributed by atoms with Gasteiger partial charge in [0, 0.05) is 11.1 Å². The molecule has 2 aromatic heterocycles. The molecule has 3 N–H and O–H groups in total. The van der Waals surface area contributed by atoms with Crippen LogP contribution in [-0.2, 0) is 0 Å². The first-order chi connectivity index (χ1) is 9.40. The Kier molecular flexibility index (Phi) is 3.99. The molecule has 0 aromatic carbocycles. The molecule has 2 aromatic rings. The number of nitrogen functional groups attached to an aromatic ring is 1. The zero-order chi connectivity index (χ0) is 14.9. The van der Waals surface area contributed by atoms with Crippen LogP contribution in [0.5, 0.6) is 0 Å². The molecule has 1 atom stereocenters. The van der Waals surface area contributed by atoms with Crippen molar-refractivity contribution in [2.45, 2.75) is 26.8 Å². The first-order valence-electron chi connectivity index (χ1n) is 6.05. The average Bonchev–Trinajstić information content (AvgIpc) is 2.71. The number of anilines is 1. The summed E-state index contributed by atoms with van der Waals surface area (Å²) in [6, 6.07) is 1.06. The minimum Gasteiger partial charge on any atom is -0.381 e. The van der Waals surface area contributed by atoms with Gasteiger partial charge in [-0.25, -0.2) is 14.4 Å². The molecule has 0 aliphatic carbocycles. The monoisotopic (exact) mass is 294 g/mol. The number of carbonyl (C=O) groups is 1. The normalized spacial score (nSPS) is 12.2. The number of carbonyl (C=O) groups excluding carboxylic acids is 1. The Morgan fingerprint density at radius 2 is 2.20 bits per heavy atom. The summed E-state index contributed by atoms with van der Waals surface area (Å²) in [6.07, 6.45) is 1.31. The zero-order valence-corrected chi connectivity index (χ0v) is 12.2. The Labute approximate surface area is 120 Å². The smallest absolute Gasteiger partial charge is 0.254 e. The van der Waals surface area contributed by atoms with Crippen molar-refractivity contribution in [1.29, 1.82) is 0 Å². The number of aryl methyl sites for hydroxylation is 2. The molecular formula is C13H15FN4OS. The fourth-order valence-corrected chi connectivity index (χ4v) is 2.85. The van der Waals surface area contributed by atoms with Crippen LogP contribution in [0.3, 0.4) is 0 Å². The van der Waals surface area contributed by atoms with Gasteiger partial charge in [0.15, 0.2) is 11.6 Å². The number of pyridine rings is 1. The molecule has 0 aliphatic heterocycles. The fourth-order valence-electron chi connectivity index (χ4n) is 1.92. The Balaban J connectivity index is 2.19. The summed E-state index contributed by atoms with van der Waals surface area (Å²) >= 11 is 1.51. The van der Waals surface area contributed by atoms with Crippen molar-refractivity contribution in [1.82, 2.24) is 15.3 Å². The third-order valence-corrected chi connectivity index (χ3v) is 4.10. The standard InChI is InChI=1S/C13H15FN4OS/c1-6-11(20-8(3)17-6)7(2)18-13(19)9-4-5-16-12(15)10(9)14/h4-5,7H,1-3H3,(H2,15,16)(H,18,19). The molecule has 0 aliphatic rings. The average molecular weight is 294 g/mol. The maximum absolute atomic E-state index is 13.7. The summed E-state index contributed by atoms with van der Waals surface area (Å²) in [5.41, 5.74) is 6.12. The number of halogens is 1. The van der Waals surface area contributed by atoms with E-state index >= 15 is 0 Å². The van der Waals surface area contributed by atoms with E-state index in [1.54, 1.807) is 0 Å². The molecule has 2 rings (SSSR count). The highest BCUT2D eigenvalue weighted by molar-refractivity contribution is 7.11. The molecule has 0 saturated heterocycles. The van der Waals surface area contributed by atoms with Gasteiger partial charge in [-0.05, 0) is 26.8 Å². The van der Waals surface area contributed by atoms with Crippen molar-refractivity contribution < 1.29 is 9.18 Å². The minimum absolute atomic E-state index is 0.108. The second-order valence-corrected chi connectivity index (χ2v) is 5.67. The van der Waals surface area contributed by atoms with Gasteiger partial charge in [0.2, 0.25) is 0 Å². The third-order valence-electron chi connectivity index (χ3n) is 2.84. The summed E-state index contributed by atoms with van der Waals surface area (Å²) in [6.45, 7) is 5.62. The lowest BCUT2D eigenvalue weighted by molar-refractivity contribution is 0.0936. The zero-order valence-electron chi connectivity index (χ0n) is 11.4. The van der Waals surface area contributed by atoms with Gasteiger partial charge in [0.1, 0.15) is 0 Å². The Morgan fingerprint density at radius 3 is 2.80 bits per heavy atom. The Morgan fingerprint density at radius 1 is 1.50 bits per heavy atom. The predicted molar refractivity (Wildman–Crippen MR) is 76.1 cm³/mol. The maximum atomic E-state index is 13.7. The number of amides is 1. The molecule has 1 unspecified atom stereocenters. The minimum atomic E-state index is -0.797. The van der Waals surface area contributed by atoms with E-state index in [2.05, 4.69) is 15.3 Å². The topological polar surface area (TPSA) is 80.9 Å². The molecule has 2 heterocycles. The molecular weight excluding hydrogens is 279 g/mol. The molecule has 0 bridgehead atoms. The van der Waals surface area contributed by atoms with Gasteiger partial charge in [-0.3, -0.25) is 4.79 Å². The van der Waals surface area contributed by atoms with Crippen LogP contribution in [0, 0.1) is 19.7 Å². The van der Waals surface area contributed by atoms with Crippen LogP contribution in [0.25, 0.3) is 0 Å². The lowest BCUT2D eigenvalue weighted by Gasteiger charge is -2.13. The van der Waals surface area contributed by atoms with Crippen molar-refractivity contribution in [3.8, 4) is 0 Å². The van der Waals surface area contributed by atoms with E-state index in [0.29, 0.717) is 0 Å². The van der Waals surface area contributed by atoms with Gasteiger partial charge >= 0.3 is 0 Å². The van der Waals surface area contributed by atoms with E-state index in [4.69, 9.17) is 5.73 Å². The van der Waals surface area contributed by atoms with Gasteiger partial charge in [-0.1, -0.05) is 0 Å². The molecule has 0 fully saturated rings. The number of hydrogen-bond donors (Lipinski definition) is 2.